The standard InChI is InChI=1S/C29H28O8/c1-6-20(5)33-16-21-10-22(17-34-27(30)7-2)13-25(12-21)37-26-14-23(18-35-28(31)8-3)11-24(15-26)19-36-29(32)9-4/h6-15H,1-5,16-19H2. The molecule has 0 N–H and O–H groups in total. The van der Waals surface area contributed by atoms with Crippen molar-refractivity contribution >= 4 is 17.9 Å². The molecule has 0 heterocycles. The van der Waals surface area contributed by atoms with E-state index in [0.29, 0.717) is 33.9 Å². The fourth-order valence-corrected chi connectivity index (χ4v) is 2.92. The number of carbonyl (C=O) groups excluding carboxylic acids is 3. The van der Waals surface area contributed by atoms with Crippen molar-refractivity contribution in [1.82, 2.24) is 0 Å². The lowest BCUT2D eigenvalue weighted by Gasteiger charge is -2.14. The van der Waals surface area contributed by atoms with E-state index in [1.54, 1.807) is 36.4 Å². The number of benzene rings is 2. The fourth-order valence-electron chi connectivity index (χ4n) is 2.92. The second-order valence-corrected chi connectivity index (χ2v) is 7.47. The van der Waals surface area contributed by atoms with Crippen molar-refractivity contribution in [2.75, 3.05) is 0 Å². The molecule has 2 aromatic rings. The van der Waals surface area contributed by atoms with Gasteiger partial charge in [-0.25, -0.2) is 14.4 Å². The first-order chi connectivity index (χ1) is 17.8. The third kappa shape index (κ3) is 10.1. The van der Waals surface area contributed by atoms with Gasteiger partial charge in [-0.15, -0.1) is 0 Å². The van der Waals surface area contributed by atoms with Crippen molar-refractivity contribution in [1.29, 1.82) is 0 Å². The number of rotatable bonds is 15. The monoisotopic (exact) mass is 504 g/mol. The summed E-state index contributed by atoms with van der Waals surface area (Å²) in [6, 6.07) is 10.3. The zero-order chi connectivity index (χ0) is 27.2. The van der Waals surface area contributed by atoms with Crippen LogP contribution in [-0.2, 0) is 59.8 Å². The quantitative estimate of drug-likeness (QED) is 0.105. The highest BCUT2D eigenvalue weighted by molar-refractivity contribution is 5.81. The molecule has 0 aliphatic carbocycles. The summed E-state index contributed by atoms with van der Waals surface area (Å²) in [5.41, 5.74) is 2.56. The van der Waals surface area contributed by atoms with Crippen LogP contribution in [0.25, 0.3) is 0 Å². The minimum absolute atomic E-state index is 0.0161. The number of esters is 3. The molecule has 0 fully saturated rings. The van der Waals surface area contributed by atoms with Gasteiger partial charge in [0.1, 0.15) is 43.7 Å². The minimum Gasteiger partial charge on any atom is -0.490 e. The topological polar surface area (TPSA) is 97.4 Å². The molecule has 0 aliphatic rings. The summed E-state index contributed by atoms with van der Waals surface area (Å²) in [4.78, 5) is 34.6. The first-order valence-corrected chi connectivity index (χ1v) is 11.0. The largest absolute Gasteiger partial charge is 0.490 e. The minimum atomic E-state index is -0.585. The maximum Gasteiger partial charge on any atom is 0.330 e. The molecule has 2 rings (SSSR count). The summed E-state index contributed by atoms with van der Waals surface area (Å²) >= 11 is 0. The number of hydrogen-bond acceptors (Lipinski definition) is 8. The first kappa shape index (κ1) is 28.4. The van der Waals surface area contributed by atoms with E-state index in [2.05, 4.69) is 32.9 Å². The molecule has 0 unspecified atom stereocenters. The molecule has 192 valence electrons. The van der Waals surface area contributed by atoms with Gasteiger partial charge >= 0.3 is 17.9 Å². The molecule has 8 heteroatoms. The molecule has 0 atom stereocenters. The lowest BCUT2D eigenvalue weighted by atomic mass is 10.1. The second-order valence-electron chi connectivity index (χ2n) is 7.47. The zero-order valence-corrected chi connectivity index (χ0v) is 20.4. The molecule has 0 aliphatic heterocycles. The Morgan fingerprint density at radius 3 is 1.16 bits per heavy atom. The van der Waals surface area contributed by atoms with Crippen LogP contribution in [0.1, 0.15) is 22.3 Å². The second kappa shape index (κ2) is 14.5. The average molecular weight is 505 g/mol. The van der Waals surface area contributed by atoms with Crippen LogP contribution in [0, 0.1) is 0 Å². The van der Waals surface area contributed by atoms with E-state index in [9.17, 15) is 14.4 Å². The van der Waals surface area contributed by atoms with Gasteiger partial charge in [-0.05, 0) is 64.7 Å². The average Bonchev–Trinajstić information content (AvgIpc) is 2.91. The third-order valence-corrected chi connectivity index (χ3v) is 4.58. The number of ether oxygens (including phenoxy) is 5. The van der Waals surface area contributed by atoms with Gasteiger partial charge in [-0.2, -0.15) is 0 Å². The van der Waals surface area contributed by atoms with E-state index in [1.165, 1.54) is 6.08 Å². The van der Waals surface area contributed by atoms with E-state index in [4.69, 9.17) is 23.7 Å². The smallest absolute Gasteiger partial charge is 0.330 e. The SMILES string of the molecule is C=CC(=C)OCc1cc(COC(=O)C=C)cc(Oc2cc(COC(=O)C=C)cc(COC(=O)C=C)c2)c1. The Labute approximate surface area is 215 Å². The summed E-state index contributed by atoms with van der Waals surface area (Å²) < 4.78 is 27.0. The van der Waals surface area contributed by atoms with Gasteiger partial charge in [0.05, 0.1) is 0 Å². The fraction of sp³-hybridized carbons (Fsp3) is 0.138. The summed E-state index contributed by atoms with van der Waals surface area (Å²) in [6.45, 7) is 17.5. The predicted octanol–water partition coefficient (Wildman–Crippen LogP) is 5.38. The number of hydrogen-bond donors (Lipinski definition) is 0. The van der Waals surface area contributed by atoms with Gasteiger partial charge in [0, 0.05) is 18.2 Å². The van der Waals surface area contributed by atoms with Crippen LogP contribution in [0.4, 0.5) is 0 Å². The van der Waals surface area contributed by atoms with Crippen LogP contribution in [0.3, 0.4) is 0 Å². The van der Waals surface area contributed by atoms with Gasteiger partial charge in [0.25, 0.3) is 0 Å². The van der Waals surface area contributed by atoms with Crippen molar-refractivity contribution in [2.24, 2.45) is 0 Å². The van der Waals surface area contributed by atoms with Gasteiger partial charge < -0.3 is 23.7 Å². The summed E-state index contributed by atoms with van der Waals surface area (Å²) in [7, 11) is 0. The highest BCUT2D eigenvalue weighted by atomic mass is 16.5. The van der Waals surface area contributed by atoms with E-state index >= 15 is 0 Å². The molecule has 0 saturated carbocycles. The Morgan fingerprint density at radius 2 is 0.865 bits per heavy atom. The van der Waals surface area contributed by atoms with Crippen LogP contribution < -0.4 is 4.74 Å². The maximum absolute atomic E-state index is 11.5. The summed E-state index contributed by atoms with van der Waals surface area (Å²) in [5.74, 6) is -0.531. The van der Waals surface area contributed by atoms with Crippen molar-refractivity contribution in [3.8, 4) is 11.5 Å². The molecule has 8 nitrogen and oxygen atoms in total. The van der Waals surface area contributed by atoms with Crippen LogP contribution in [0.15, 0.2) is 99.4 Å². The Hall–Kier alpha value is -4.85. The van der Waals surface area contributed by atoms with Crippen LogP contribution >= 0.6 is 0 Å². The molecule has 0 spiro atoms. The van der Waals surface area contributed by atoms with E-state index in [-0.39, 0.29) is 26.4 Å². The van der Waals surface area contributed by atoms with Crippen LogP contribution in [-0.4, -0.2) is 17.9 Å². The highest BCUT2D eigenvalue weighted by Crippen LogP contribution is 2.28. The molecule has 2 aromatic carbocycles. The van der Waals surface area contributed by atoms with Crippen molar-refractivity contribution in [2.45, 2.75) is 26.4 Å². The maximum atomic E-state index is 11.5. The number of allylic oxidation sites excluding steroid dienone is 1. The molecule has 0 bridgehead atoms. The van der Waals surface area contributed by atoms with Gasteiger partial charge in [0.2, 0.25) is 0 Å². The third-order valence-electron chi connectivity index (χ3n) is 4.58. The number of carbonyl (C=O) groups is 3. The molecule has 37 heavy (non-hydrogen) atoms. The van der Waals surface area contributed by atoms with Crippen LogP contribution in [0.5, 0.6) is 11.5 Å². The molecular weight excluding hydrogens is 476 g/mol. The Kier molecular flexibility index (Phi) is 11.1. The molecule has 0 saturated heterocycles. The molecule has 0 radical (unpaired) electrons. The van der Waals surface area contributed by atoms with Crippen molar-refractivity contribution in [3.05, 3.63) is 122 Å². The Balaban J connectivity index is 2.37. The lowest BCUT2D eigenvalue weighted by molar-refractivity contribution is -0.139. The van der Waals surface area contributed by atoms with Crippen molar-refractivity contribution < 1.29 is 38.1 Å². The summed E-state index contributed by atoms with van der Waals surface area (Å²) in [6.07, 6.45) is 4.67. The van der Waals surface area contributed by atoms with E-state index in [0.717, 1.165) is 23.8 Å². The van der Waals surface area contributed by atoms with E-state index < -0.39 is 17.9 Å². The highest BCUT2D eigenvalue weighted by Gasteiger charge is 2.10. The van der Waals surface area contributed by atoms with E-state index in [1.807, 2.05) is 0 Å². The van der Waals surface area contributed by atoms with Gasteiger partial charge in [0.15, 0.2) is 0 Å². The first-order valence-electron chi connectivity index (χ1n) is 11.0. The normalized spacial score (nSPS) is 9.84. The Bertz CT molecular complexity index is 1030. The Morgan fingerprint density at radius 1 is 0.541 bits per heavy atom. The zero-order valence-electron chi connectivity index (χ0n) is 20.4. The molecule has 0 amide bonds. The molecular formula is C29H28O8. The predicted molar refractivity (Wildman–Crippen MR) is 137 cm³/mol. The van der Waals surface area contributed by atoms with Crippen LogP contribution in [0.2, 0.25) is 0 Å². The van der Waals surface area contributed by atoms with Crippen molar-refractivity contribution in [3.63, 3.8) is 0 Å². The van der Waals surface area contributed by atoms with Gasteiger partial charge in [-0.1, -0.05) is 32.9 Å². The van der Waals surface area contributed by atoms with Gasteiger partial charge in [-0.3, -0.25) is 0 Å². The lowest BCUT2D eigenvalue weighted by Crippen LogP contribution is -2.04. The summed E-state index contributed by atoms with van der Waals surface area (Å²) in [5, 5.41) is 0. The molecule has 0 aromatic heterocycles.